The van der Waals surface area contributed by atoms with Gasteiger partial charge in [-0.25, -0.2) is 4.39 Å². The smallest absolute Gasteiger partial charge is 0.309 e. The molecule has 10 unspecified atom stereocenters. The molecular weight excluding hydrogens is 475 g/mol. The first-order valence-electron chi connectivity index (χ1n) is 13.8. The van der Waals surface area contributed by atoms with E-state index in [1.807, 2.05) is 58.9 Å². The lowest BCUT2D eigenvalue weighted by Crippen LogP contribution is -2.41. The van der Waals surface area contributed by atoms with Gasteiger partial charge in [-0.15, -0.1) is 0 Å². The predicted molar refractivity (Wildman–Crippen MR) is 141 cm³/mol. The molecule has 0 aliphatic carbocycles. The van der Waals surface area contributed by atoms with Crippen molar-refractivity contribution in [2.45, 2.75) is 123 Å². The first-order chi connectivity index (χ1) is 17.4. The van der Waals surface area contributed by atoms with Crippen molar-refractivity contribution in [3.05, 3.63) is 36.0 Å². The van der Waals surface area contributed by atoms with Gasteiger partial charge in [-0.05, 0) is 57.1 Å². The molecule has 0 spiro atoms. The Morgan fingerprint density at radius 1 is 1.30 bits per heavy atom. The minimum Gasteiger partial charge on any atom is -0.457 e. The van der Waals surface area contributed by atoms with Crippen molar-refractivity contribution >= 4 is 11.9 Å². The van der Waals surface area contributed by atoms with Crippen LogP contribution >= 0.6 is 0 Å². The van der Waals surface area contributed by atoms with Crippen LogP contribution in [0.2, 0.25) is 0 Å². The summed E-state index contributed by atoms with van der Waals surface area (Å²) in [6.07, 6.45) is 10.9. The molecule has 0 aromatic heterocycles. The number of fused-ring (bicyclic) bond motifs is 2. The third kappa shape index (κ3) is 8.00. The quantitative estimate of drug-likeness (QED) is 0.160. The molecule has 0 radical (unpaired) electrons. The number of allylic oxidation sites excluding steroid dienone is 3. The summed E-state index contributed by atoms with van der Waals surface area (Å²) < 4.78 is 37.4. The summed E-state index contributed by atoms with van der Waals surface area (Å²) in [5.74, 6) is -0.579. The summed E-state index contributed by atoms with van der Waals surface area (Å²) in [5.41, 5.74) is 0.257. The number of cyclic esters (lactones) is 1. The zero-order valence-electron chi connectivity index (χ0n) is 23.4. The molecule has 2 bridgehead atoms. The van der Waals surface area contributed by atoms with Crippen molar-refractivity contribution in [3.8, 4) is 0 Å². The standard InChI is InChI=1S/C30H45FO6/c1-8-24(31)21(5)29-25(35-29)16-18(2)10-9-11-19(3)28-20(4)12-13-26(34-22(6)32)30(7)15-14-23(37-30)17-27(33)36-28/h9-13,18,20-21,23-26,28-29H,8,14-17H2,1-7H3/b10-9+,13-12-,19-11+. The molecule has 0 amide bonds. The number of rotatable bonds is 9. The van der Waals surface area contributed by atoms with Crippen LogP contribution in [0, 0.1) is 17.8 Å². The molecule has 2 fully saturated rings. The minimum atomic E-state index is -0.819. The highest BCUT2D eigenvalue weighted by Gasteiger charge is 2.46. The van der Waals surface area contributed by atoms with E-state index in [9.17, 15) is 14.0 Å². The molecule has 0 aromatic rings. The van der Waals surface area contributed by atoms with Crippen LogP contribution < -0.4 is 0 Å². The molecule has 3 aliphatic rings. The number of alkyl halides is 1. The van der Waals surface area contributed by atoms with E-state index >= 15 is 0 Å². The van der Waals surface area contributed by atoms with E-state index in [0.717, 1.165) is 12.0 Å². The largest absolute Gasteiger partial charge is 0.457 e. The molecule has 7 heteroatoms. The maximum absolute atomic E-state index is 13.9. The summed E-state index contributed by atoms with van der Waals surface area (Å²) in [5, 5.41) is 0. The molecule has 10 atom stereocenters. The van der Waals surface area contributed by atoms with Crippen LogP contribution in [0.1, 0.15) is 80.6 Å². The van der Waals surface area contributed by atoms with E-state index in [0.29, 0.717) is 19.3 Å². The van der Waals surface area contributed by atoms with E-state index in [-0.39, 0.29) is 54.4 Å². The van der Waals surface area contributed by atoms with Gasteiger partial charge in [0, 0.05) is 18.8 Å². The average molecular weight is 521 g/mol. The number of epoxide rings is 1. The number of carbonyl (C=O) groups is 2. The first-order valence-corrected chi connectivity index (χ1v) is 13.8. The Labute approximate surface area is 221 Å². The van der Waals surface area contributed by atoms with Gasteiger partial charge in [-0.3, -0.25) is 9.59 Å². The molecular formula is C30H45FO6. The van der Waals surface area contributed by atoms with E-state index in [2.05, 4.69) is 13.0 Å². The molecule has 208 valence electrons. The van der Waals surface area contributed by atoms with E-state index in [4.69, 9.17) is 18.9 Å². The number of hydrogen-bond donors (Lipinski definition) is 0. The Morgan fingerprint density at radius 2 is 2.03 bits per heavy atom. The molecule has 3 heterocycles. The fourth-order valence-corrected chi connectivity index (χ4v) is 5.54. The number of carbonyl (C=O) groups excluding carboxylic acids is 2. The Balaban J connectivity index is 1.66. The van der Waals surface area contributed by atoms with Gasteiger partial charge in [0.25, 0.3) is 0 Å². The lowest BCUT2D eigenvalue weighted by molar-refractivity contribution is -0.164. The second kappa shape index (κ2) is 12.7. The lowest BCUT2D eigenvalue weighted by atomic mass is 9.91. The van der Waals surface area contributed by atoms with Crippen LogP contribution in [-0.2, 0) is 28.5 Å². The number of esters is 2. The molecule has 0 aromatic carbocycles. The Morgan fingerprint density at radius 3 is 2.70 bits per heavy atom. The molecule has 6 nitrogen and oxygen atoms in total. The molecule has 37 heavy (non-hydrogen) atoms. The lowest BCUT2D eigenvalue weighted by Gasteiger charge is -2.31. The molecule has 0 N–H and O–H groups in total. The molecule has 2 saturated heterocycles. The highest BCUT2D eigenvalue weighted by molar-refractivity contribution is 5.70. The van der Waals surface area contributed by atoms with Crippen molar-refractivity contribution in [2.24, 2.45) is 17.8 Å². The third-order valence-corrected chi connectivity index (χ3v) is 7.97. The highest BCUT2D eigenvalue weighted by Crippen LogP contribution is 2.38. The van der Waals surface area contributed by atoms with Crippen molar-refractivity contribution < 1.29 is 32.9 Å². The third-order valence-electron chi connectivity index (χ3n) is 7.97. The maximum atomic E-state index is 13.9. The SMILES string of the molecule is CCC(F)C(C)C1OC1CC(C)/C=C/C=C(\C)C1OC(=O)CC2CCC(C)(O2)C(OC(C)=O)/C=C\C1C. The average Bonchev–Trinajstić information content (AvgIpc) is 3.49. The fraction of sp³-hybridized carbons (Fsp3) is 0.733. The van der Waals surface area contributed by atoms with Crippen LogP contribution in [-0.4, -0.2) is 54.2 Å². The van der Waals surface area contributed by atoms with Gasteiger partial charge in [0.1, 0.15) is 24.0 Å². The zero-order valence-corrected chi connectivity index (χ0v) is 23.4. The summed E-state index contributed by atoms with van der Waals surface area (Å²) in [7, 11) is 0. The van der Waals surface area contributed by atoms with Gasteiger partial charge in [0.15, 0.2) is 0 Å². The van der Waals surface area contributed by atoms with Gasteiger partial charge in [0.2, 0.25) is 0 Å². The minimum absolute atomic E-state index is 0.0134. The van der Waals surface area contributed by atoms with Crippen LogP contribution in [0.25, 0.3) is 0 Å². The Hall–Kier alpha value is -1.99. The molecule has 0 saturated carbocycles. The second-order valence-electron chi connectivity index (χ2n) is 11.4. The number of hydrogen-bond acceptors (Lipinski definition) is 6. The Bertz CT molecular complexity index is 897. The predicted octanol–water partition coefficient (Wildman–Crippen LogP) is 6.04. The molecule has 3 aliphatic heterocycles. The Kier molecular flexibility index (Phi) is 10.2. The summed E-state index contributed by atoms with van der Waals surface area (Å²) in [4.78, 5) is 24.6. The van der Waals surface area contributed by atoms with Crippen LogP contribution in [0.3, 0.4) is 0 Å². The van der Waals surface area contributed by atoms with Gasteiger partial charge in [-0.2, -0.15) is 0 Å². The van der Waals surface area contributed by atoms with Crippen LogP contribution in [0.5, 0.6) is 0 Å². The van der Waals surface area contributed by atoms with Crippen molar-refractivity contribution in [1.82, 2.24) is 0 Å². The van der Waals surface area contributed by atoms with Crippen molar-refractivity contribution in [3.63, 3.8) is 0 Å². The van der Waals surface area contributed by atoms with E-state index < -0.39 is 24.0 Å². The van der Waals surface area contributed by atoms with Gasteiger partial charge in [0.05, 0.1) is 24.7 Å². The zero-order chi connectivity index (χ0) is 27.3. The summed E-state index contributed by atoms with van der Waals surface area (Å²) in [6, 6.07) is 0. The highest BCUT2D eigenvalue weighted by atomic mass is 19.1. The number of halogens is 1. The van der Waals surface area contributed by atoms with Gasteiger partial charge >= 0.3 is 11.9 Å². The first kappa shape index (κ1) is 29.6. The fourth-order valence-electron chi connectivity index (χ4n) is 5.54. The van der Waals surface area contributed by atoms with Gasteiger partial charge < -0.3 is 18.9 Å². The van der Waals surface area contributed by atoms with Crippen LogP contribution in [0.4, 0.5) is 4.39 Å². The van der Waals surface area contributed by atoms with Gasteiger partial charge in [-0.1, -0.05) is 52.0 Å². The monoisotopic (exact) mass is 520 g/mol. The summed E-state index contributed by atoms with van der Waals surface area (Å²) in [6.45, 7) is 13.2. The topological polar surface area (TPSA) is 74.4 Å². The normalized spacial score (nSPS) is 37.8. The second-order valence-corrected chi connectivity index (χ2v) is 11.4. The number of ether oxygens (including phenoxy) is 4. The van der Waals surface area contributed by atoms with E-state index in [1.165, 1.54) is 6.92 Å². The van der Waals surface area contributed by atoms with Crippen molar-refractivity contribution in [2.75, 3.05) is 0 Å². The molecule has 3 rings (SSSR count). The van der Waals surface area contributed by atoms with E-state index in [1.54, 1.807) is 0 Å². The van der Waals surface area contributed by atoms with Crippen molar-refractivity contribution in [1.29, 1.82) is 0 Å². The van der Waals surface area contributed by atoms with Crippen LogP contribution in [0.15, 0.2) is 36.0 Å². The maximum Gasteiger partial charge on any atom is 0.309 e. The summed E-state index contributed by atoms with van der Waals surface area (Å²) >= 11 is 0.